The summed E-state index contributed by atoms with van der Waals surface area (Å²) in [5.74, 6) is 0.883. The van der Waals surface area contributed by atoms with Crippen LogP contribution in [0.3, 0.4) is 0 Å². The highest BCUT2D eigenvalue weighted by atomic mass is 16.5. The van der Waals surface area contributed by atoms with Crippen LogP contribution >= 0.6 is 0 Å². The summed E-state index contributed by atoms with van der Waals surface area (Å²) in [4.78, 5) is 4.37. The quantitative estimate of drug-likeness (QED) is 0.889. The fourth-order valence-electron chi connectivity index (χ4n) is 2.08. The Morgan fingerprint density at radius 1 is 1.00 bits per heavy atom. The first-order chi connectivity index (χ1) is 9.20. The van der Waals surface area contributed by atoms with Crippen molar-refractivity contribution in [2.75, 3.05) is 7.11 Å². The molecular weight excluding hydrogens is 236 g/mol. The van der Waals surface area contributed by atoms with Crippen LogP contribution in [0.2, 0.25) is 0 Å². The Hall–Kier alpha value is -1.87. The summed E-state index contributed by atoms with van der Waals surface area (Å²) in [6.45, 7) is 4.28. The van der Waals surface area contributed by atoms with Crippen molar-refractivity contribution >= 4 is 0 Å². The highest BCUT2D eigenvalue weighted by Crippen LogP contribution is 2.20. The fraction of sp³-hybridized carbons (Fsp3) is 0.312. The third-order valence-corrected chi connectivity index (χ3v) is 3.25. The highest BCUT2D eigenvalue weighted by Gasteiger charge is 2.11. The number of nitrogens with one attached hydrogen (secondary N) is 1. The lowest BCUT2D eigenvalue weighted by molar-refractivity contribution is 0.414. The summed E-state index contributed by atoms with van der Waals surface area (Å²) in [5, 5.41) is 3.55. The summed E-state index contributed by atoms with van der Waals surface area (Å²) >= 11 is 0. The molecule has 1 aromatic heterocycles. The van der Waals surface area contributed by atoms with Crippen molar-refractivity contribution in [3.63, 3.8) is 0 Å². The van der Waals surface area contributed by atoms with Crippen LogP contribution in [0.4, 0.5) is 0 Å². The molecule has 0 aliphatic carbocycles. The van der Waals surface area contributed by atoms with Crippen LogP contribution in [0.5, 0.6) is 5.75 Å². The molecule has 3 nitrogen and oxygen atoms in total. The van der Waals surface area contributed by atoms with Crippen LogP contribution in [0.25, 0.3) is 0 Å². The largest absolute Gasteiger partial charge is 0.497 e. The second-order valence-electron chi connectivity index (χ2n) is 4.64. The van der Waals surface area contributed by atoms with E-state index in [0.29, 0.717) is 0 Å². The maximum atomic E-state index is 5.17. The molecule has 1 N–H and O–H groups in total. The van der Waals surface area contributed by atoms with Crippen LogP contribution in [-0.4, -0.2) is 12.1 Å². The average molecular weight is 256 g/mol. The summed E-state index contributed by atoms with van der Waals surface area (Å²) in [6.07, 6.45) is 1.82. The first-order valence-corrected chi connectivity index (χ1v) is 6.51. The fourth-order valence-corrected chi connectivity index (χ4v) is 2.08. The maximum absolute atomic E-state index is 5.17. The minimum absolute atomic E-state index is 0.221. The molecule has 1 aromatic carbocycles. The second-order valence-corrected chi connectivity index (χ2v) is 4.64. The van der Waals surface area contributed by atoms with Crippen LogP contribution in [-0.2, 0) is 0 Å². The summed E-state index contributed by atoms with van der Waals surface area (Å²) in [6, 6.07) is 14.6. The number of nitrogens with zero attached hydrogens (tertiary/aromatic N) is 1. The van der Waals surface area contributed by atoms with Crippen LogP contribution < -0.4 is 10.1 Å². The van der Waals surface area contributed by atoms with Crippen molar-refractivity contribution in [2.45, 2.75) is 25.9 Å². The molecule has 19 heavy (non-hydrogen) atoms. The lowest BCUT2D eigenvalue weighted by Gasteiger charge is -2.20. The van der Waals surface area contributed by atoms with Crippen LogP contribution in [0.15, 0.2) is 48.7 Å². The Labute approximate surface area is 114 Å². The molecule has 0 fully saturated rings. The Bertz CT molecular complexity index is 496. The van der Waals surface area contributed by atoms with Gasteiger partial charge in [-0.25, -0.2) is 0 Å². The number of benzene rings is 1. The first-order valence-electron chi connectivity index (χ1n) is 6.51. The number of aromatic nitrogens is 1. The molecule has 0 aliphatic heterocycles. The second kappa shape index (κ2) is 6.34. The standard InChI is InChI=1S/C16H20N2O/c1-12(14-7-9-15(19-3)10-8-14)18-13(2)16-6-4-5-11-17-16/h4-13,18H,1-3H3/t12-,13+/m0/s1. The average Bonchev–Trinajstić information content (AvgIpc) is 2.48. The van der Waals surface area contributed by atoms with Gasteiger partial charge in [-0.15, -0.1) is 0 Å². The van der Waals surface area contributed by atoms with E-state index in [1.807, 2.05) is 36.5 Å². The lowest BCUT2D eigenvalue weighted by atomic mass is 10.1. The van der Waals surface area contributed by atoms with Gasteiger partial charge in [-0.05, 0) is 43.7 Å². The van der Waals surface area contributed by atoms with Gasteiger partial charge in [-0.1, -0.05) is 18.2 Å². The van der Waals surface area contributed by atoms with Gasteiger partial charge in [0, 0.05) is 18.3 Å². The van der Waals surface area contributed by atoms with Gasteiger partial charge in [-0.3, -0.25) is 4.98 Å². The zero-order valence-corrected chi connectivity index (χ0v) is 11.6. The highest BCUT2D eigenvalue weighted by molar-refractivity contribution is 5.29. The molecule has 0 saturated carbocycles. The molecule has 3 heteroatoms. The van der Waals surface area contributed by atoms with E-state index in [-0.39, 0.29) is 12.1 Å². The third-order valence-electron chi connectivity index (χ3n) is 3.25. The topological polar surface area (TPSA) is 34.1 Å². The van der Waals surface area contributed by atoms with E-state index < -0.39 is 0 Å². The molecule has 0 spiro atoms. The number of pyridine rings is 1. The van der Waals surface area contributed by atoms with Crippen molar-refractivity contribution in [1.29, 1.82) is 0 Å². The monoisotopic (exact) mass is 256 g/mol. The van der Waals surface area contributed by atoms with E-state index in [0.717, 1.165) is 11.4 Å². The maximum Gasteiger partial charge on any atom is 0.118 e. The Kier molecular flexibility index (Phi) is 4.53. The summed E-state index contributed by atoms with van der Waals surface area (Å²) < 4.78 is 5.17. The molecule has 0 aliphatic rings. The SMILES string of the molecule is COc1ccc([C@H](C)N[C@H](C)c2ccccn2)cc1. The zero-order valence-electron chi connectivity index (χ0n) is 11.6. The smallest absolute Gasteiger partial charge is 0.118 e. The molecule has 0 radical (unpaired) electrons. The minimum atomic E-state index is 0.221. The zero-order chi connectivity index (χ0) is 13.7. The third kappa shape index (κ3) is 3.55. The molecule has 0 bridgehead atoms. The molecule has 100 valence electrons. The Morgan fingerprint density at radius 2 is 1.74 bits per heavy atom. The van der Waals surface area contributed by atoms with E-state index in [4.69, 9.17) is 4.74 Å². The van der Waals surface area contributed by atoms with E-state index in [1.54, 1.807) is 7.11 Å². The lowest BCUT2D eigenvalue weighted by Crippen LogP contribution is -2.23. The Morgan fingerprint density at radius 3 is 2.32 bits per heavy atom. The van der Waals surface area contributed by atoms with Gasteiger partial charge >= 0.3 is 0 Å². The molecule has 0 amide bonds. The van der Waals surface area contributed by atoms with E-state index in [1.165, 1.54) is 5.56 Å². The molecule has 1 heterocycles. The first kappa shape index (κ1) is 13.6. The number of rotatable bonds is 5. The van der Waals surface area contributed by atoms with Gasteiger partial charge < -0.3 is 10.1 Å². The van der Waals surface area contributed by atoms with E-state index in [9.17, 15) is 0 Å². The van der Waals surface area contributed by atoms with Gasteiger partial charge in [0.15, 0.2) is 0 Å². The summed E-state index contributed by atoms with van der Waals surface area (Å²) in [7, 11) is 1.68. The van der Waals surface area contributed by atoms with Crippen LogP contribution in [0, 0.1) is 0 Å². The van der Waals surface area contributed by atoms with Crippen molar-refractivity contribution in [1.82, 2.24) is 10.3 Å². The van der Waals surface area contributed by atoms with Gasteiger partial charge in [0.05, 0.1) is 12.8 Å². The molecule has 2 atom stereocenters. The van der Waals surface area contributed by atoms with Crippen LogP contribution in [0.1, 0.15) is 37.2 Å². The van der Waals surface area contributed by atoms with Crippen molar-refractivity contribution in [2.24, 2.45) is 0 Å². The number of hydrogen-bond acceptors (Lipinski definition) is 3. The molecule has 2 rings (SSSR count). The van der Waals surface area contributed by atoms with Crippen molar-refractivity contribution in [3.8, 4) is 5.75 Å². The van der Waals surface area contributed by atoms with Gasteiger partial charge in [0.2, 0.25) is 0 Å². The molecule has 2 aromatic rings. The minimum Gasteiger partial charge on any atom is -0.497 e. The van der Waals surface area contributed by atoms with Crippen molar-refractivity contribution in [3.05, 3.63) is 59.9 Å². The van der Waals surface area contributed by atoms with Crippen molar-refractivity contribution < 1.29 is 4.74 Å². The van der Waals surface area contributed by atoms with Gasteiger partial charge in [0.25, 0.3) is 0 Å². The molecular formula is C16H20N2O. The number of hydrogen-bond donors (Lipinski definition) is 1. The van der Waals surface area contributed by atoms with Gasteiger partial charge in [-0.2, -0.15) is 0 Å². The number of methoxy groups -OCH3 is 1. The van der Waals surface area contributed by atoms with E-state index >= 15 is 0 Å². The van der Waals surface area contributed by atoms with E-state index in [2.05, 4.69) is 36.3 Å². The molecule has 0 saturated heterocycles. The number of ether oxygens (including phenoxy) is 1. The predicted molar refractivity (Wildman–Crippen MR) is 77.2 cm³/mol. The van der Waals surface area contributed by atoms with Gasteiger partial charge in [0.1, 0.15) is 5.75 Å². The molecule has 0 unspecified atom stereocenters. The Balaban J connectivity index is 2.02. The normalized spacial score (nSPS) is 13.8. The summed E-state index contributed by atoms with van der Waals surface area (Å²) in [5.41, 5.74) is 2.30. The predicted octanol–water partition coefficient (Wildman–Crippen LogP) is 3.50.